The highest BCUT2D eigenvalue weighted by atomic mass is 35.5. The zero-order chi connectivity index (χ0) is 18.8. The van der Waals surface area contributed by atoms with Crippen molar-refractivity contribution in [3.63, 3.8) is 0 Å². The smallest absolute Gasteiger partial charge is 0.134 e. The number of piperidine rings is 1. The number of benzene rings is 2. The summed E-state index contributed by atoms with van der Waals surface area (Å²) in [7, 11) is 0. The molecule has 1 saturated heterocycles. The van der Waals surface area contributed by atoms with Gasteiger partial charge in [0.05, 0.1) is 0 Å². The number of carbonyl (C=O) groups excluding carboxylic acids is 1. The largest absolute Gasteiger partial charge is 0.461 e. The fraction of sp³-hybridized carbons (Fsp3) is 0.318. The molecule has 1 unspecified atom stereocenters. The minimum Gasteiger partial charge on any atom is -0.461 e. The van der Waals surface area contributed by atoms with Gasteiger partial charge >= 0.3 is 0 Å². The molecule has 0 N–H and O–H groups in total. The van der Waals surface area contributed by atoms with Crippen molar-refractivity contribution in [2.75, 3.05) is 13.1 Å². The van der Waals surface area contributed by atoms with Crippen LogP contribution in [0.4, 0.5) is 0 Å². The van der Waals surface area contributed by atoms with Crippen LogP contribution in [0, 0.1) is 0 Å². The van der Waals surface area contributed by atoms with Crippen LogP contribution in [0.1, 0.15) is 42.5 Å². The van der Waals surface area contributed by atoms with Gasteiger partial charge in [-0.3, -0.25) is 4.90 Å². The summed E-state index contributed by atoms with van der Waals surface area (Å²) in [6, 6.07) is 15.8. The molecule has 2 aromatic carbocycles. The lowest BCUT2D eigenvalue weighted by molar-refractivity contribution is -0.109. The lowest BCUT2D eigenvalue weighted by Crippen LogP contribution is -2.36. The topological polar surface area (TPSA) is 33.5 Å². The first-order valence-corrected chi connectivity index (χ1v) is 10.0. The summed E-state index contributed by atoms with van der Waals surface area (Å²) in [4.78, 5) is 13.6. The lowest BCUT2D eigenvalue weighted by Gasteiger charge is -2.37. The molecule has 5 heteroatoms. The van der Waals surface area contributed by atoms with Crippen molar-refractivity contribution < 1.29 is 9.21 Å². The number of likely N-dealkylation sites (tertiary alicyclic amines) is 1. The second kappa shape index (κ2) is 8.05. The molecule has 3 aromatic rings. The minimum absolute atomic E-state index is 0.0103. The number of fused-ring (bicyclic) bond motifs is 1. The molecule has 1 aliphatic heterocycles. The molecular weight excluding hydrogens is 381 g/mol. The van der Waals surface area contributed by atoms with Crippen molar-refractivity contribution >= 4 is 40.5 Å². The average molecular weight is 402 g/mol. The van der Waals surface area contributed by atoms with Gasteiger partial charge in [0.2, 0.25) is 0 Å². The number of furan rings is 1. The normalized spacial score (nSPS) is 17.3. The van der Waals surface area contributed by atoms with Gasteiger partial charge in [-0.2, -0.15) is 0 Å². The maximum atomic E-state index is 11.3. The molecule has 2 heterocycles. The highest BCUT2D eigenvalue weighted by Crippen LogP contribution is 2.37. The number of hydrogen-bond acceptors (Lipinski definition) is 3. The first-order valence-electron chi connectivity index (χ1n) is 9.27. The van der Waals surface area contributed by atoms with Crippen molar-refractivity contribution in [3.8, 4) is 0 Å². The molecule has 0 amide bonds. The second-order valence-corrected chi connectivity index (χ2v) is 7.92. The molecule has 4 rings (SSSR count). The third-order valence-corrected chi connectivity index (χ3v) is 6.02. The summed E-state index contributed by atoms with van der Waals surface area (Å²) in [5.74, 6) is 1.47. The van der Waals surface area contributed by atoms with E-state index in [4.69, 9.17) is 27.6 Å². The molecule has 1 aromatic heterocycles. The summed E-state index contributed by atoms with van der Waals surface area (Å²) < 4.78 is 6.06. The molecule has 1 aliphatic rings. The Morgan fingerprint density at radius 3 is 2.59 bits per heavy atom. The number of para-hydroxylation sites is 1. The van der Waals surface area contributed by atoms with Crippen LogP contribution < -0.4 is 0 Å². The zero-order valence-electron chi connectivity index (χ0n) is 14.9. The monoisotopic (exact) mass is 401 g/mol. The zero-order valence-corrected chi connectivity index (χ0v) is 16.4. The maximum Gasteiger partial charge on any atom is 0.134 e. The Morgan fingerprint density at radius 1 is 1.11 bits per heavy atom. The van der Waals surface area contributed by atoms with Crippen LogP contribution >= 0.6 is 23.2 Å². The summed E-state index contributed by atoms with van der Waals surface area (Å²) in [5.41, 5.74) is 1.91. The highest BCUT2D eigenvalue weighted by molar-refractivity contribution is 6.35. The van der Waals surface area contributed by atoms with E-state index in [-0.39, 0.29) is 6.04 Å². The molecule has 0 spiro atoms. The Hall–Kier alpha value is -1.81. The summed E-state index contributed by atoms with van der Waals surface area (Å²) in [6.07, 6.45) is 3.40. The highest BCUT2D eigenvalue weighted by Gasteiger charge is 2.29. The fourth-order valence-electron chi connectivity index (χ4n) is 4.03. The maximum absolute atomic E-state index is 11.3. The number of rotatable bonds is 5. The van der Waals surface area contributed by atoms with Crippen LogP contribution in [0.3, 0.4) is 0 Å². The molecule has 1 fully saturated rings. The average Bonchev–Trinajstić information content (AvgIpc) is 3.11. The Bertz CT molecular complexity index is 911. The van der Waals surface area contributed by atoms with Crippen molar-refractivity contribution in [3.05, 3.63) is 69.9 Å². The van der Waals surface area contributed by atoms with Gasteiger partial charge in [-0.05, 0) is 55.8 Å². The van der Waals surface area contributed by atoms with Gasteiger partial charge in [-0.1, -0.05) is 47.5 Å². The van der Waals surface area contributed by atoms with Crippen molar-refractivity contribution in [2.45, 2.75) is 31.2 Å². The van der Waals surface area contributed by atoms with Gasteiger partial charge in [-0.15, -0.1) is 0 Å². The van der Waals surface area contributed by atoms with E-state index in [0.717, 1.165) is 54.5 Å². The molecule has 0 aliphatic carbocycles. The van der Waals surface area contributed by atoms with Crippen molar-refractivity contribution in [2.24, 2.45) is 0 Å². The molecule has 0 radical (unpaired) electrons. The van der Waals surface area contributed by atoms with Crippen LogP contribution in [-0.4, -0.2) is 24.3 Å². The molecular formula is C22H21Cl2NO2. The predicted molar refractivity (Wildman–Crippen MR) is 110 cm³/mol. The summed E-state index contributed by atoms with van der Waals surface area (Å²) in [5, 5.41) is 2.38. The number of hydrogen-bond donors (Lipinski definition) is 0. The van der Waals surface area contributed by atoms with Crippen LogP contribution in [0.5, 0.6) is 0 Å². The summed E-state index contributed by atoms with van der Waals surface area (Å²) >= 11 is 12.4. The van der Waals surface area contributed by atoms with Crippen LogP contribution in [0.15, 0.2) is 52.9 Å². The third kappa shape index (κ3) is 3.91. The van der Waals surface area contributed by atoms with Crippen molar-refractivity contribution in [1.82, 2.24) is 4.90 Å². The first kappa shape index (κ1) is 18.5. The molecule has 140 valence electrons. The van der Waals surface area contributed by atoms with Gasteiger partial charge in [0.1, 0.15) is 17.6 Å². The van der Waals surface area contributed by atoms with E-state index in [1.807, 2.05) is 30.3 Å². The number of nitrogens with zero attached hydrogens (tertiary/aromatic N) is 1. The lowest BCUT2D eigenvalue weighted by atomic mass is 9.91. The van der Waals surface area contributed by atoms with E-state index >= 15 is 0 Å². The molecule has 3 nitrogen and oxygen atoms in total. The summed E-state index contributed by atoms with van der Waals surface area (Å²) in [6.45, 7) is 1.80. The quantitative estimate of drug-likeness (QED) is 0.473. The Kier molecular flexibility index (Phi) is 5.53. The van der Waals surface area contributed by atoms with Crippen molar-refractivity contribution in [1.29, 1.82) is 0 Å². The van der Waals surface area contributed by atoms with E-state index in [0.29, 0.717) is 22.4 Å². The Labute approximate surface area is 168 Å². The number of carbonyl (C=O) groups is 1. The van der Waals surface area contributed by atoms with Crippen LogP contribution in [-0.2, 0) is 4.79 Å². The van der Waals surface area contributed by atoms with E-state index in [1.165, 1.54) is 0 Å². The fourth-order valence-corrected chi connectivity index (χ4v) is 4.57. The van der Waals surface area contributed by atoms with Gasteiger partial charge in [-0.25, -0.2) is 0 Å². The van der Waals surface area contributed by atoms with Gasteiger partial charge in [0.15, 0.2) is 0 Å². The standard InChI is InChI=1S/C22H21Cl2NO2/c23-17-5-6-18(19(24)14-17)20(9-12-26)25-10-7-15(8-11-25)22-13-16-3-1-2-4-21(16)27-22/h1-6,12-15,20H,7-11H2. The number of halogens is 2. The van der Waals surface area contributed by atoms with E-state index in [9.17, 15) is 4.79 Å². The molecule has 0 saturated carbocycles. The first-order chi connectivity index (χ1) is 13.2. The predicted octanol–water partition coefficient (Wildman–Crippen LogP) is 6.25. The molecule has 0 bridgehead atoms. The Balaban J connectivity index is 1.50. The van der Waals surface area contributed by atoms with Crippen LogP contribution in [0.25, 0.3) is 11.0 Å². The minimum atomic E-state index is -0.0103. The molecule has 1 atom stereocenters. The number of aldehydes is 1. The SMILES string of the molecule is O=CCC(c1ccc(Cl)cc1Cl)N1CCC(c2cc3ccccc3o2)CC1. The van der Waals surface area contributed by atoms with Gasteiger partial charge in [0.25, 0.3) is 0 Å². The third-order valence-electron chi connectivity index (χ3n) is 5.46. The van der Waals surface area contributed by atoms with E-state index < -0.39 is 0 Å². The van der Waals surface area contributed by atoms with E-state index in [1.54, 1.807) is 6.07 Å². The van der Waals surface area contributed by atoms with E-state index in [2.05, 4.69) is 17.0 Å². The Morgan fingerprint density at radius 2 is 1.89 bits per heavy atom. The second-order valence-electron chi connectivity index (χ2n) is 7.08. The molecule has 27 heavy (non-hydrogen) atoms. The van der Waals surface area contributed by atoms with Gasteiger partial charge in [0, 0.05) is 33.8 Å². The van der Waals surface area contributed by atoms with Crippen LogP contribution in [0.2, 0.25) is 10.0 Å². The van der Waals surface area contributed by atoms with Gasteiger partial charge < -0.3 is 9.21 Å².